The quantitative estimate of drug-likeness (QED) is 0.817. The number of halogens is 1. The fourth-order valence-corrected chi connectivity index (χ4v) is 4.84. The van der Waals surface area contributed by atoms with Gasteiger partial charge in [-0.3, -0.25) is 0 Å². The summed E-state index contributed by atoms with van der Waals surface area (Å²) in [6, 6.07) is 3.96. The molecule has 0 amide bonds. The summed E-state index contributed by atoms with van der Waals surface area (Å²) in [7, 11) is -3.21. The Bertz CT molecular complexity index is 821. The van der Waals surface area contributed by atoms with E-state index in [0.717, 1.165) is 21.1 Å². The molecule has 118 valence electrons. The van der Waals surface area contributed by atoms with Crippen molar-refractivity contribution < 1.29 is 8.42 Å². The first-order valence-corrected chi connectivity index (χ1v) is 9.67. The number of hydrogen-bond donors (Lipinski definition) is 0. The Morgan fingerprint density at radius 2 is 2.14 bits per heavy atom. The van der Waals surface area contributed by atoms with Crippen molar-refractivity contribution in [3.63, 3.8) is 0 Å². The lowest BCUT2D eigenvalue weighted by molar-refractivity contribution is 0.385. The first-order chi connectivity index (χ1) is 10.3. The monoisotopic (exact) mass is 383 g/mol. The highest BCUT2D eigenvalue weighted by atomic mass is 79.9. The number of rotatable bonds is 3. The van der Waals surface area contributed by atoms with Crippen LogP contribution in [0.3, 0.4) is 0 Å². The molecule has 0 saturated carbocycles. The van der Waals surface area contributed by atoms with Gasteiger partial charge in [-0.05, 0) is 39.5 Å². The SMILES string of the molecule is CC(C)CS(=O)(=O)N1CCc2nc3ncc(Br)cc3cc2C1. The van der Waals surface area contributed by atoms with Crippen LogP contribution in [0.25, 0.3) is 11.0 Å². The Hall–Kier alpha value is -1.05. The molecule has 0 spiro atoms. The summed E-state index contributed by atoms with van der Waals surface area (Å²) in [5, 5.41) is 0.927. The predicted octanol–water partition coefficient (Wildman–Crippen LogP) is 2.74. The van der Waals surface area contributed by atoms with Crippen LogP contribution in [-0.2, 0) is 23.0 Å². The first-order valence-electron chi connectivity index (χ1n) is 7.27. The molecule has 0 bridgehead atoms. The number of nitrogens with zero attached hydrogens (tertiary/aromatic N) is 3. The average Bonchev–Trinajstić information content (AvgIpc) is 2.43. The van der Waals surface area contributed by atoms with Crippen LogP contribution < -0.4 is 0 Å². The van der Waals surface area contributed by atoms with Crippen molar-refractivity contribution in [3.05, 3.63) is 34.1 Å². The summed E-state index contributed by atoms with van der Waals surface area (Å²) in [6.07, 6.45) is 2.37. The van der Waals surface area contributed by atoms with Crippen molar-refractivity contribution in [2.24, 2.45) is 5.92 Å². The molecule has 2 aromatic heterocycles. The lowest BCUT2D eigenvalue weighted by atomic mass is 10.1. The number of sulfonamides is 1. The molecular weight excluding hydrogens is 366 g/mol. The number of pyridine rings is 2. The van der Waals surface area contributed by atoms with Crippen LogP contribution in [0.5, 0.6) is 0 Å². The molecule has 0 saturated heterocycles. The smallest absolute Gasteiger partial charge is 0.214 e. The molecule has 1 aliphatic rings. The van der Waals surface area contributed by atoms with Gasteiger partial charge in [0.15, 0.2) is 5.65 Å². The van der Waals surface area contributed by atoms with Crippen molar-refractivity contribution in [1.29, 1.82) is 0 Å². The maximum atomic E-state index is 12.4. The van der Waals surface area contributed by atoms with Gasteiger partial charge < -0.3 is 0 Å². The molecule has 1 aliphatic heterocycles. The molecule has 0 atom stereocenters. The van der Waals surface area contributed by atoms with E-state index in [-0.39, 0.29) is 11.7 Å². The highest BCUT2D eigenvalue weighted by molar-refractivity contribution is 9.10. The third-order valence-electron chi connectivity index (χ3n) is 3.69. The fraction of sp³-hybridized carbons (Fsp3) is 0.467. The van der Waals surface area contributed by atoms with Gasteiger partial charge in [0.05, 0.1) is 5.75 Å². The minimum Gasteiger partial charge on any atom is -0.235 e. The van der Waals surface area contributed by atoms with Crippen LogP contribution in [0, 0.1) is 5.92 Å². The van der Waals surface area contributed by atoms with E-state index < -0.39 is 10.0 Å². The van der Waals surface area contributed by atoms with E-state index in [1.807, 2.05) is 26.0 Å². The van der Waals surface area contributed by atoms with Crippen molar-refractivity contribution in [2.45, 2.75) is 26.8 Å². The normalized spacial score (nSPS) is 16.2. The highest BCUT2D eigenvalue weighted by Crippen LogP contribution is 2.25. The average molecular weight is 384 g/mol. The minimum atomic E-state index is -3.21. The molecule has 0 aliphatic carbocycles. The molecule has 0 N–H and O–H groups in total. The third-order valence-corrected chi connectivity index (χ3v) is 6.31. The van der Waals surface area contributed by atoms with Gasteiger partial charge in [-0.15, -0.1) is 0 Å². The molecule has 2 aromatic rings. The molecule has 22 heavy (non-hydrogen) atoms. The molecule has 3 rings (SSSR count). The summed E-state index contributed by atoms with van der Waals surface area (Å²) in [5.41, 5.74) is 2.64. The topological polar surface area (TPSA) is 63.2 Å². The summed E-state index contributed by atoms with van der Waals surface area (Å²) in [5.74, 6) is 0.317. The molecule has 3 heterocycles. The Kier molecular flexibility index (Phi) is 4.22. The second kappa shape index (κ2) is 5.86. The zero-order valence-corrected chi connectivity index (χ0v) is 15.0. The van der Waals surface area contributed by atoms with Crippen LogP contribution in [0.1, 0.15) is 25.1 Å². The second-order valence-electron chi connectivity index (χ2n) is 6.05. The maximum absolute atomic E-state index is 12.4. The maximum Gasteiger partial charge on any atom is 0.214 e. The van der Waals surface area contributed by atoms with Crippen molar-refractivity contribution in [2.75, 3.05) is 12.3 Å². The fourth-order valence-electron chi connectivity index (χ4n) is 2.74. The summed E-state index contributed by atoms with van der Waals surface area (Å²) >= 11 is 3.40. The van der Waals surface area contributed by atoms with Crippen LogP contribution in [0.4, 0.5) is 0 Å². The largest absolute Gasteiger partial charge is 0.235 e. The van der Waals surface area contributed by atoms with Gasteiger partial charge in [-0.1, -0.05) is 13.8 Å². The van der Waals surface area contributed by atoms with Crippen LogP contribution in [-0.4, -0.2) is 35.0 Å². The Morgan fingerprint density at radius 3 is 2.86 bits per heavy atom. The van der Waals surface area contributed by atoms with Crippen LogP contribution >= 0.6 is 15.9 Å². The van der Waals surface area contributed by atoms with Gasteiger partial charge in [0.2, 0.25) is 10.0 Å². The molecule has 0 unspecified atom stereocenters. The van der Waals surface area contributed by atoms with Crippen molar-refractivity contribution >= 4 is 37.0 Å². The molecular formula is C15H18BrN3O2S. The molecule has 7 heteroatoms. The first kappa shape index (κ1) is 15.8. The number of hydrogen-bond acceptors (Lipinski definition) is 4. The number of aromatic nitrogens is 2. The summed E-state index contributed by atoms with van der Waals surface area (Å²) in [4.78, 5) is 8.89. The lowest BCUT2D eigenvalue weighted by Crippen LogP contribution is -2.38. The van der Waals surface area contributed by atoms with E-state index in [9.17, 15) is 8.42 Å². The van der Waals surface area contributed by atoms with Crippen LogP contribution in [0.2, 0.25) is 0 Å². The third kappa shape index (κ3) is 3.16. The van der Waals surface area contributed by atoms with E-state index in [0.29, 0.717) is 25.2 Å². The minimum absolute atomic E-state index is 0.126. The standard InChI is InChI=1S/C15H18BrN3O2S/c1-10(2)9-22(20,21)19-4-3-14-12(8-19)5-11-6-13(16)7-17-15(11)18-14/h5-7,10H,3-4,8-9H2,1-2H3. The van der Waals surface area contributed by atoms with Gasteiger partial charge in [0, 0.05) is 41.3 Å². The zero-order chi connectivity index (χ0) is 15.9. The van der Waals surface area contributed by atoms with Gasteiger partial charge >= 0.3 is 0 Å². The molecule has 0 fully saturated rings. The van der Waals surface area contributed by atoms with Gasteiger partial charge in [-0.2, -0.15) is 4.31 Å². The van der Waals surface area contributed by atoms with Crippen LogP contribution in [0.15, 0.2) is 22.8 Å². The van der Waals surface area contributed by atoms with E-state index >= 15 is 0 Å². The lowest BCUT2D eigenvalue weighted by Gasteiger charge is -2.28. The summed E-state index contributed by atoms with van der Waals surface area (Å²) in [6.45, 7) is 4.75. The predicted molar refractivity (Wildman–Crippen MR) is 90.0 cm³/mol. The van der Waals surface area contributed by atoms with E-state index in [2.05, 4.69) is 25.9 Å². The van der Waals surface area contributed by atoms with E-state index in [1.54, 1.807) is 10.5 Å². The molecule has 5 nitrogen and oxygen atoms in total. The zero-order valence-electron chi connectivity index (χ0n) is 12.6. The Balaban J connectivity index is 1.95. The number of fused-ring (bicyclic) bond motifs is 2. The molecule has 0 aromatic carbocycles. The van der Waals surface area contributed by atoms with E-state index in [4.69, 9.17) is 0 Å². The Morgan fingerprint density at radius 1 is 1.36 bits per heavy atom. The van der Waals surface area contributed by atoms with Gasteiger partial charge in [0.25, 0.3) is 0 Å². The summed E-state index contributed by atoms with van der Waals surface area (Å²) < 4.78 is 27.3. The highest BCUT2D eigenvalue weighted by Gasteiger charge is 2.28. The second-order valence-corrected chi connectivity index (χ2v) is 8.98. The van der Waals surface area contributed by atoms with E-state index in [1.165, 1.54) is 0 Å². The van der Waals surface area contributed by atoms with Crippen molar-refractivity contribution in [1.82, 2.24) is 14.3 Å². The van der Waals surface area contributed by atoms with Crippen molar-refractivity contribution in [3.8, 4) is 0 Å². The Labute approximate surface area is 138 Å². The van der Waals surface area contributed by atoms with Gasteiger partial charge in [0.1, 0.15) is 0 Å². The van der Waals surface area contributed by atoms with Gasteiger partial charge in [-0.25, -0.2) is 18.4 Å². The molecule has 0 radical (unpaired) electrons.